The van der Waals surface area contributed by atoms with Gasteiger partial charge in [0.15, 0.2) is 5.13 Å². The lowest BCUT2D eigenvalue weighted by Crippen LogP contribution is -2.35. The average Bonchev–Trinajstić information content (AvgIpc) is 2.77. The van der Waals surface area contributed by atoms with Crippen molar-refractivity contribution < 1.29 is 0 Å². The second-order valence-corrected chi connectivity index (χ2v) is 6.06. The number of halogens is 1. The van der Waals surface area contributed by atoms with Crippen LogP contribution in [0.2, 0.25) is 5.02 Å². The van der Waals surface area contributed by atoms with E-state index in [1.54, 1.807) is 11.3 Å². The van der Waals surface area contributed by atoms with Crippen molar-refractivity contribution in [3.05, 3.63) is 23.2 Å². The molecule has 4 heteroatoms. The molecule has 18 heavy (non-hydrogen) atoms. The maximum absolute atomic E-state index is 6.00. The first-order valence-electron chi connectivity index (χ1n) is 6.46. The van der Waals surface area contributed by atoms with Gasteiger partial charge in [0.05, 0.1) is 10.2 Å². The van der Waals surface area contributed by atoms with Crippen LogP contribution >= 0.6 is 22.9 Å². The SMILES string of the molecule is CCC(CC)(CC)Nc1nc2ccc(Cl)cc2s1. The topological polar surface area (TPSA) is 24.9 Å². The predicted octanol–water partition coefficient (Wildman–Crippen LogP) is 5.33. The summed E-state index contributed by atoms with van der Waals surface area (Å²) in [6.45, 7) is 6.68. The van der Waals surface area contributed by atoms with Gasteiger partial charge in [-0.2, -0.15) is 0 Å². The summed E-state index contributed by atoms with van der Waals surface area (Å²) in [6.07, 6.45) is 3.32. The molecule has 1 aromatic heterocycles. The molecule has 0 saturated heterocycles. The molecule has 0 unspecified atom stereocenters. The molecule has 0 aliphatic heterocycles. The minimum atomic E-state index is 0.164. The molecule has 2 rings (SSSR count). The average molecular weight is 283 g/mol. The van der Waals surface area contributed by atoms with Crippen LogP contribution in [-0.2, 0) is 0 Å². The van der Waals surface area contributed by atoms with Gasteiger partial charge in [0, 0.05) is 10.6 Å². The molecule has 0 aliphatic carbocycles. The van der Waals surface area contributed by atoms with E-state index < -0.39 is 0 Å². The Kier molecular flexibility index (Phi) is 4.13. The van der Waals surface area contributed by atoms with Gasteiger partial charge in [-0.15, -0.1) is 0 Å². The smallest absolute Gasteiger partial charge is 0.184 e. The van der Waals surface area contributed by atoms with E-state index in [0.29, 0.717) is 0 Å². The second-order valence-electron chi connectivity index (χ2n) is 4.60. The van der Waals surface area contributed by atoms with Crippen molar-refractivity contribution in [2.45, 2.75) is 45.6 Å². The first-order chi connectivity index (χ1) is 8.62. The third kappa shape index (κ3) is 2.62. The van der Waals surface area contributed by atoms with Gasteiger partial charge in [0.25, 0.3) is 0 Å². The highest BCUT2D eigenvalue weighted by molar-refractivity contribution is 7.22. The van der Waals surface area contributed by atoms with E-state index in [4.69, 9.17) is 11.6 Å². The fraction of sp³-hybridized carbons (Fsp3) is 0.500. The van der Waals surface area contributed by atoms with Gasteiger partial charge in [-0.3, -0.25) is 0 Å². The van der Waals surface area contributed by atoms with Gasteiger partial charge in [-0.1, -0.05) is 43.7 Å². The Morgan fingerprint density at radius 2 is 1.89 bits per heavy atom. The summed E-state index contributed by atoms with van der Waals surface area (Å²) in [5.41, 5.74) is 1.18. The van der Waals surface area contributed by atoms with Crippen LogP contribution < -0.4 is 5.32 Å². The number of benzene rings is 1. The quantitative estimate of drug-likeness (QED) is 0.802. The van der Waals surface area contributed by atoms with Crippen LogP contribution in [0, 0.1) is 0 Å². The molecule has 2 aromatic rings. The van der Waals surface area contributed by atoms with E-state index in [1.165, 1.54) is 0 Å². The fourth-order valence-electron chi connectivity index (χ4n) is 2.19. The summed E-state index contributed by atoms with van der Waals surface area (Å²) in [5, 5.41) is 5.38. The Bertz CT molecular complexity index is 523. The molecule has 0 radical (unpaired) electrons. The minimum Gasteiger partial charge on any atom is -0.356 e. The molecule has 0 atom stereocenters. The van der Waals surface area contributed by atoms with Crippen LogP contribution in [0.3, 0.4) is 0 Å². The summed E-state index contributed by atoms with van der Waals surface area (Å²) in [5.74, 6) is 0. The molecule has 0 saturated carbocycles. The first-order valence-corrected chi connectivity index (χ1v) is 7.66. The van der Waals surface area contributed by atoms with E-state index in [0.717, 1.165) is 39.6 Å². The number of fused-ring (bicyclic) bond motifs is 1. The zero-order valence-electron chi connectivity index (χ0n) is 11.1. The van der Waals surface area contributed by atoms with Crippen molar-refractivity contribution >= 4 is 38.3 Å². The number of hydrogen-bond acceptors (Lipinski definition) is 3. The summed E-state index contributed by atoms with van der Waals surface area (Å²) in [7, 11) is 0. The molecule has 1 heterocycles. The van der Waals surface area contributed by atoms with Gasteiger partial charge in [0.2, 0.25) is 0 Å². The summed E-state index contributed by atoms with van der Waals surface area (Å²) < 4.78 is 1.14. The van der Waals surface area contributed by atoms with Crippen LogP contribution in [0.25, 0.3) is 10.2 Å². The number of aromatic nitrogens is 1. The number of nitrogens with one attached hydrogen (secondary N) is 1. The summed E-state index contributed by atoms with van der Waals surface area (Å²) in [6, 6.07) is 5.84. The van der Waals surface area contributed by atoms with Crippen molar-refractivity contribution in [1.29, 1.82) is 0 Å². The number of rotatable bonds is 5. The Hall–Kier alpha value is -0.800. The fourth-order valence-corrected chi connectivity index (χ4v) is 3.45. The maximum atomic E-state index is 6.00. The summed E-state index contributed by atoms with van der Waals surface area (Å²) in [4.78, 5) is 4.63. The lowest BCUT2D eigenvalue weighted by atomic mass is 9.90. The molecule has 0 bridgehead atoms. The molecule has 1 aromatic carbocycles. The van der Waals surface area contributed by atoms with Crippen molar-refractivity contribution in [2.24, 2.45) is 0 Å². The van der Waals surface area contributed by atoms with E-state index in [9.17, 15) is 0 Å². The highest BCUT2D eigenvalue weighted by Gasteiger charge is 2.24. The van der Waals surface area contributed by atoms with E-state index >= 15 is 0 Å². The lowest BCUT2D eigenvalue weighted by Gasteiger charge is -2.31. The van der Waals surface area contributed by atoms with Crippen LogP contribution in [0.4, 0.5) is 5.13 Å². The summed E-state index contributed by atoms with van der Waals surface area (Å²) >= 11 is 7.68. The maximum Gasteiger partial charge on any atom is 0.184 e. The zero-order valence-corrected chi connectivity index (χ0v) is 12.7. The largest absolute Gasteiger partial charge is 0.356 e. The number of nitrogens with zero attached hydrogens (tertiary/aromatic N) is 1. The van der Waals surface area contributed by atoms with Crippen LogP contribution in [0.5, 0.6) is 0 Å². The molecule has 0 fully saturated rings. The molecular formula is C14H19ClN2S. The highest BCUT2D eigenvalue weighted by Crippen LogP contribution is 2.32. The molecule has 0 spiro atoms. The Balaban J connectivity index is 2.31. The van der Waals surface area contributed by atoms with E-state index in [1.807, 2.05) is 18.2 Å². The first kappa shape index (κ1) is 13.6. The molecule has 0 amide bonds. The Labute approximate surface area is 117 Å². The predicted molar refractivity (Wildman–Crippen MR) is 81.9 cm³/mol. The third-order valence-corrected chi connectivity index (χ3v) is 4.92. The standard InChI is InChI=1S/C14H19ClN2S/c1-4-14(5-2,6-3)17-13-16-11-8-7-10(15)9-12(11)18-13/h7-9H,4-6H2,1-3H3,(H,16,17). The van der Waals surface area contributed by atoms with Gasteiger partial charge >= 0.3 is 0 Å². The second kappa shape index (κ2) is 5.45. The minimum absolute atomic E-state index is 0.164. The lowest BCUT2D eigenvalue weighted by molar-refractivity contribution is 0.420. The third-order valence-electron chi connectivity index (χ3n) is 3.75. The van der Waals surface area contributed by atoms with Crippen LogP contribution in [-0.4, -0.2) is 10.5 Å². The number of thiazole rings is 1. The number of anilines is 1. The van der Waals surface area contributed by atoms with Crippen LogP contribution in [0.1, 0.15) is 40.0 Å². The van der Waals surface area contributed by atoms with Gasteiger partial charge in [-0.25, -0.2) is 4.98 Å². The zero-order chi connectivity index (χ0) is 13.2. The van der Waals surface area contributed by atoms with Crippen molar-refractivity contribution in [2.75, 3.05) is 5.32 Å². The highest BCUT2D eigenvalue weighted by atomic mass is 35.5. The van der Waals surface area contributed by atoms with Gasteiger partial charge in [0.1, 0.15) is 0 Å². The Morgan fingerprint density at radius 1 is 1.22 bits per heavy atom. The van der Waals surface area contributed by atoms with Gasteiger partial charge < -0.3 is 5.32 Å². The van der Waals surface area contributed by atoms with Crippen molar-refractivity contribution in [3.8, 4) is 0 Å². The van der Waals surface area contributed by atoms with Gasteiger partial charge in [-0.05, 0) is 37.5 Å². The Morgan fingerprint density at radius 3 is 2.50 bits per heavy atom. The van der Waals surface area contributed by atoms with Crippen molar-refractivity contribution in [3.63, 3.8) is 0 Å². The molecular weight excluding hydrogens is 264 g/mol. The molecule has 98 valence electrons. The van der Waals surface area contributed by atoms with E-state index in [-0.39, 0.29) is 5.54 Å². The van der Waals surface area contributed by atoms with Crippen LogP contribution in [0.15, 0.2) is 18.2 Å². The molecule has 1 N–H and O–H groups in total. The van der Waals surface area contributed by atoms with Crippen molar-refractivity contribution in [1.82, 2.24) is 4.98 Å². The molecule has 0 aliphatic rings. The normalized spacial score (nSPS) is 12.0. The van der Waals surface area contributed by atoms with E-state index in [2.05, 4.69) is 31.1 Å². The monoisotopic (exact) mass is 282 g/mol. The number of hydrogen-bond donors (Lipinski definition) is 1. The molecule has 2 nitrogen and oxygen atoms in total.